The van der Waals surface area contributed by atoms with E-state index in [0.29, 0.717) is 71.3 Å². The first-order valence-corrected chi connectivity index (χ1v) is 15.1. The summed E-state index contributed by atoms with van der Waals surface area (Å²) in [6, 6.07) is 2.69. The van der Waals surface area contributed by atoms with Gasteiger partial charge in [0.1, 0.15) is 5.60 Å². The summed E-state index contributed by atoms with van der Waals surface area (Å²) in [4.78, 5) is 40.0. The molecule has 272 valence electrons. The van der Waals surface area contributed by atoms with Gasteiger partial charge in [-0.1, -0.05) is 20.0 Å². The zero-order valence-corrected chi connectivity index (χ0v) is 28.5. The molecule has 0 fully saturated rings. The predicted molar refractivity (Wildman–Crippen MR) is 186 cm³/mol. The van der Waals surface area contributed by atoms with Gasteiger partial charge in [0.15, 0.2) is 34.6 Å². The normalized spacial score (nSPS) is 16.4. The fourth-order valence-corrected chi connectivity index (χ4v) is 5.69. The molecule has 0 spiro atoms. The van der Waals surface area contributed by atoms with E-state index < -0.39 is 11.7 Å². The van der Waals surface area contributed by atoms with Crippen LogP contribution < -0.4 is 33.7 Å². The van der Waals surface area contributed by atoms with Crippen LogP contribution in [0.4, 0.5) is 4.79 Å². The van der Waals surface area contributed by atoms with Gasteiger partial charge < -0.3 is 38.5 Å². The number of hydrogen-bond donors (Lipinski definition) is 1. The van der Waals surface area contributed by atoms with E-state index in [4.69, 9.17) is 38.7 Å². The fraction of sp³-hybridized carbons (Fsp3) is 0.571. The Kier molecular flexibility index (Phi) is 16.0. The maximum Gasteiger partial charge on any atom is 0.407 e. The quantitative estimate of drug-likeness (QED) is 0.128. The number of alkyl carbamates (subject to hydrolysis) is 1. The number of benzene rings is 2. The molecule has 2 atom stereocenters. The molecule has 0 radical (unpaired) electrons. The van der Waals surface area contributed by atoms with E-state index >= 15 is 0 Å². The van der Waals surface area contributed by atoms with E-state index in [9.17, 15) is 14.4 Å². The smallest absolute Gasteiger partial charge is 0.407 e. The third-order valence-electron chi connectivity index (χ3n) is 7.73. The van der Waals surface area contributed by atoms with Crippen LogP contribution in [0.1, 0.15) is 93.2 Å². The van der Waals surface area contributed by atoms with Crippen LogP contribution in [0.25, 0.3) is 10.4 Å². The lowest BCUT2D eigenvalue weighted by atomic mass is 9.99. The average Bonchev–Trinajstić information content (AvgIpc) is 3.28. The van der Waals surface area contributed by atoms with E-state index in [1.807, 2.05) is 0 Å². The first kappa shape index (κ1) is 42.2. The van der Waals surface area contributed by atoms with E-state index in [1.165, 1.54) is 42.7 Å². The third kappa shape index (κ3) is 10.1. The minimum absolute atomic E-state index is 0. The second kappa shape index (κ2) is 18.6. The molecule has 0 heterocycles. The second-order valence-corrected chi connectivity index (χ2v) is 11.9. The van der Waals surface area contributed by atoms with Crippen LogP contribution in [0.5, 0.6) is 34.5 Å². The van der Waals surface area contributed by atoms with E-state index in [-0.39, 0.29) is 51.3 Å². The summed E-state index contributed by atoms with van der Waals surface area (Å²) in [5.41, 5.74) is 10.6. The molecule has 2 aromatic rings. The van der Waals surface area contributed by atoms with E-state index in [0.717, 1.165) is 11.1 Å². The molecule has 0 aromatic heterocycles. The fourth-order valence-electron chi connectivity index (χ4n) is 5.69. The van der Waals surface area contributed by atoms with Crippen molar-refractivity contribution in [3.8, 4) is 34.5 Å². The maximum atomic E-state index is 12.8. The molecule has 14 heteroatoms. The van der Waals surface area contributed by atoms with Gasteiger partial charge in [0.25, 0.3) is 0 Å². The summed E-state index contributed by atoms with van der Waals surface area (Å²) < 4.78 is 37.5. The van der Waals surface area contributed by atoms with Crippen molar-refractivity contribution >= 4 is 17.7 Å². The number of rotatable bonds is 8. The van der Waals surface area contributed by atoms with Crippen molar-refractivity contribution in [2.45, 2.75) is 91.8 Å². The Labute approximate surface area is 289 Å². The molecule has 2 aromatic carbocycles. The number of nitrogens with one attached hydrogen (secondary N) is 1. The zero-order chi connectivity index (χ0) is 34.9. The van der Waals surface area contributed by atoms with Gasteiger partial charge in [0.05, 0.1) is 42.7 Å². The number of methoxy groups -OCH3 is 6. The van der Waals surface area contributed by atoms with Crippen molar-refractivity contribution in [2.75, 3.05) is 42.7 Å². The number of fused-ring (bicyclic) bond motifs is 2. The van der Waals surface area contributed by atoms with Crippen LogP contribution in [-0.4, -0.2) is 78.0 Å². The highest BCUT2D eigenvalue weighted by molar-refractivity contribution is 6.00. The van der Waals surface area contributed by atoms with Gasteiger partial charge in [-0.25, -0.2) is 4.79 Å². The summed E-state index contributed by atoms with van der Waals surface area (Å²) in [7, 11) is 9.12. The van der Waals surface area contributed by atoms with Crippen molar-refractivity contribution in [1.29, 1.82) is 0 Å². The van der Waals surface area contributed by atoms with Crippen molar-refractivity contribution in [2.24, 2.45) is 5.11 Å². The Bertz CT molecular complexity index is 1530. The number of ether oxygens (including phenoxy) is 7. The molecular formula is C35H52N4O10. The molecule has 49 heavy (non-hydrogen) atoms. The highest BCUT2D eigenvalue weighted by Crippen LogP contribution is 2.45. The topological polar surface area (TPSA) is 177 Å². The monoisotopic (exact) mass is 688 g/mol. The molecule has 1 amide bonds. The molecule has 2 aliphatic carbocycles. The average molecular weight is 689 g/mol. The SMILES string of the molecule is C.C.COc1cc2c(c(OC)c1OC)CC[C@@H](N=[N+]=[N-])CC2=O.COc1cc2c(c(OC)c1OC)CC[C@@H](NC(=O)OC(C)(C)C)CC2=O. The summed E-state index contributed by atoms with van der Waals surface area (Å²) >= 11 is 0. The van der Waals surface area contributed by atoms with Crippen LogP contribution in [0.15, 0.2) is 17.2 Å². The zero-order valence-electron chi connectivity index (χ0n) is 28.5. The summed E-state index contributed by atoms with van der Waals surface area (Å²) in [5.74, 6) is 2.64. The molecule has 0 aliphatic heterocycles. The number of carbonyl (C=O) groups is 3. The standard InChI is InChI=1S/C19H27NO6.C14H17N3O4.2CH4/c1-19(2,3)26-18(22)20-11-7-8-12-13(14(21)9-11)10-15(23-4)17(25-6)16(12)24-5;1-19-12-7-10-9(13(20-2)14(12)21-3)5-4-8(16-17-15)6-11(10)18;;/h10-11H,7-9H2,1-6H3,(H,20,22);7-8H,4-6H2,1-3H3;2*1H4/t11-;8-;;/m11../s1. The molecule has 0 saturated heterocycles. The minimum atomic E-state index is -0.592. The van der Waals surface area contributed by atoms with Crippen molar-refractivity contribution in [3.63, 3.8) is 0 Å². The number of Topliss-reactive ketones (excluding diaryl/α,β-unsaturated/α-hetero) is 2. The summed E-state index contributed by atoms with van der Waals surface area (Å²) in [6.07, 6.45) is 2.17. The summed E-state index contributed by atoms with van der Waals surface area (Å²) in [5, 5.41) is 6.46. The molecule has 0 bridgehead atoms. The largest absolute Gasteiger partial charge is 0.493 e. The number of hydrogen-bond acceptors (Lipinski definition) is 11. The van der Waals surface area contributed by atoms with Crippen LogP contribution >= 0.6 is 0 Å². The van der Waals surface area contributed by atoms with Crippen LogP contribution in [0.3, 0.4) is 0 Å². The second-order valence-electron chi connectivity index (χ2n) is 11.9. The number of azide groups is 1. The first-order valence-electron chi connectivity index (χ1n) is 15.1. The Morgan fingerprint density at radius 3 is 1.61 bits per heavy atom. The minimum Gasteiger partial charge on any atom is -0.493 e. The lowest BCUT2D eigenvalue weighted by molar-refractivity contribution is 0.0499. The Morgan fingerprint density at radius 2 is 1.20 bits per heavy atom. The number of nitrogens with zero attached hydrogens (tertiary/aromatic N) is 3. The van der Waals surface area contributed by atoms with E-state index in [2.05, 4.69) is 15.3 Å². The van der Waals surface area contributed by atoms with E-state index in [1.54, 1.807) is 32.9 Å². The van der Waals surface area contributed by atoms with Crippen molar-refractivity contribution in [3.05, 3.63) is 44.8 Å². The van der Waals surface area contributed by atoms with Crippen LogP contribution in [-0.2, 0) is 17.6 Å². The van der Waals surface area contributed by atoms with Crippen molar-refractivity contribution < 1.29 is 47.5 Å². The molecule has 1 N–H and O–H groups in total. The van der Waals surface area contributed by atoms with Gasteiger partial charge >= 0.3 is 6.09 Å². The van der Waals surface area contributed by atoms with Crippen molar-refractivity contribution in [1.82, 2.24) is 5.32 Å². The van der Waals surface area contributed by atoms with Gasteiger partial charge in [-0.05, 0) is 64.1 Å². The highest BCUT2D eigenvalue weighted by Gasteiger charge is 2.31. The third-order valence-corrected chi connectivity index (χ3v) is 7.73. The van der Waals surface area contributed by atoms with Gasteiger partial charge in [-0.3, -0.25) is 9.59 Å². The number of ketones is 2. The lowest BCUT2D eigenvalue weighted by Gasteiger charge is -2.22. The molecular weight excluding hydrogens is 636 g/mol. The Hall–Kier alpha value is -4.84. The lowest BCUT2D eigenvalue weighted by Crippen LogP contribution is -2.39. The first-order chi connectivity index (χ1) is 22.4. The predicted octanol–water partition coefficient (Wildman–Crippen LogP) is 7.31. The number of amides is 1. The van der Waals surface area contributed by atoms with Gasteiger partial charge in [0.2, 0.25) is 11.5 Å². The molecule has 0 saturated carbocycles. The number of carbonyl (C=O) groups excluding carboxylic acids is 3. The van der Waals surface area contributed by atoms with Crippen LogP contribution in [0.2, 0.25) is 0 Å². The Morgan fingerprint density at radius 1 is 0.755 bits per heavy atom. The van der Waals surface area contributed by atoms with Crippen LogP contribution in [0, 0.1) is 0 Å². The molecule has 2 aliphatic rings. The van der Waals surface area contributed by atoms with Gasteiger partial charge in [-0.2, -0.15) is 0 Å². The molecule has 14 nitrogen and oxygen atoms in total. The summed E-state index contributed by atoms with van der Waals surface area (Å²) in [6.45, 7) is 5.39. The molecule has 4 rings (SSSR count). The molecule has 0 unspecified atom stereocenters. The Balaban J connectivity index is 0.000000480. The van der Waals surface area contributed by atoms with Gasteiger partial charge in [0, 0.05) is 52.1 Å². The van der Waals surface area contributed by atoms with Gasteiger partial charge in [-0.15, -0.1) is 0 Å². The maximum absolute atomic E-state index is 12.8. The highest BCUT2D eigenvalue weighted by atomic mass is 16.6.